The highest BCUT2D eigenvalue weighted by molar-refractivity contribution is 4.82. The fourth-order valence-electron chi connectivity index (χ4n) is 1.76. The van der Waals surface area contributed by atoms with E-state index in [4.69, 9.17) is 5.73 Å². The third kappa shape index (κ3) is 2.84. The van der Waals surface area contributed by atoms with Gasteiger partial charge in [-0.15, -0.1) is 0 Å². The van der Waals surface area contributed by atoms with E-state index in [0.717, 1.165) is 12.8 Å². The highest BCUT2D eigenvalue weighted by atomic mass is 19.4. The molecule has 0 aromatic rings. The normalized spacial score (nSPS) is 22.2. The molecule has 1 atom stereocenters. The lowest BCUT2D eigenvalue weighted by atomic mass is 10.2. The van der Waals surface area contributed by atoms with Gasteiger partial charge in [0.25, 0.3) is 0 Å². The van der Waals surface area contributed by atoms with Gasteiger partial charge >= 0.3 is 6.18 Å². The Morgan fingerprint density at radius 3 is 2.15 bits per heavy atom. The molecule has 5 heteroatoms. The molecule has 1 saturated heterocycles. The Morgan fingerprint density at radius 1 is 1.23 bits per heavy atom. The van der Waals surface area contributed by atoms with Crippen molar-refractivity contribution in [3.8, 4) is 0 Å². The van der Waals surface area contributed by atoms with Crippen LogP contribution in [0.2, 0.25) is 0 Å². The van der Waals surface area contributed by atoms with E-state index in [0.29, 0.717) is 13.1 Å². The second-order valence-electron chi connectivity index (χ2n) is 3.38. The molecular formula is C8H15F3N2. The van der Waals surface area contributed by atoms with Gasteiger partial charge in [-0.25, -0.2) is 0 Å². The van der Waals surface area contributed by atoms with Crippen LogP contribution in [0.25, 0.3) is 0 Å². The van der Waals surface area contributed by atoms with E-state index in [1.165, 1.54) is 4.90 Å². The summed E-state index contributed by atoms with van der Waals surface area (Å²) < 4.78 is 37.4. The van der Waals surface area contributed by atoms with Crippen LogP contribution < -0.4 is 5.73 Å². The number of hydrogen-bond donors (Lipinski definition) is 1. The Balaban J connectivity index is 2.55. The Bertz CT molecular complexity index is 152. The molecule has 0 amide bonds. The molecule has 0 aliphatic carbocycles. The fraction of sp³-hybridized carbons (Fsp3) is 1.00. The van der Waals surface area contributed by atoms with Crippen molar-refractivity contribution >= 4 is 0 Å². The number of hydrogen-bond acceptors (Lipinski definition) is 2. The summed E-state index contributed by atoms with van der Waals surface area (Å²) in [7, 11) is 0. The number of nitrogens with zero attached hydrogens (tertiary/aromatic N) is 1. The van der Waals surface area contributed by atoms with Gasteiger partial charge in [0.2, 0.25) is 0 Å². The van der Waals surface area contributed by atoms with Crippen molar-refractivity contribution < 1.29 is 13.2 Å². The summed E-state index contributed by atoms with van der Waals surface area (Å²) in [4.78, 5) is 1.49. The van der Waals surface area contributed by atoms with Crippen LogP contribution in [-0.4, -0.2) is 36.8 Å². The van der Waals surface area contributed by atoms with Crippen molar-refractivity contribution in [3.63, 3.8) is 0 Å². The molecule has 1 aliphatic heterocycles. The minimum Gasteiger partial charge on any atom is -0.330 e. The molecule has 1 aliphatic rings. The maximum absolute atomic E-state index is 12.5. The van der Waals surface area contributed by atoms with Gasteiger partial charge < -0.3 is 5.73 Å². The Morgan fingerprint density at radius 2 is 1.77 bits per heavy atom. The maximum atomic E-state index is 12.5. The summed E-state index contributed by atoms with van der Waals surface area (Å²) >= 11 is 0. The van der Waals surface area contributed by atoms with Gasteiger partial charge in [-0.3, -0.25) is 4.90 Å². The summed E-state index contributed by atoms with van der Waals surface area (Å²) in [6, 6.07) is -1.32. The zero-order valence-corrected chi connectivity index (χ0v) is 7.48. The van der Waals surface area contributed by atoms with E-state index in [2.05, 4.69) is 0 Å². The van der Waals surface area contributed by atoms with Gasteiger partial charge in [0.15, 0.2) is 0 Å². The van der Waals surface area contributed by atoms with Crippen LogP contribution in [-0.2, 0) is 0 Å². The first kappa shape index (κ1) is 10.8. The first-order valence-corrected chi connectivity index (χ1v) is 4.56. The number of nitrogens with two attached hydrogens (primary N) is 1. The highest BCUT2D eigenvalue weighted by Gasteiger charge is 2.43. The topological polar surface area (TPSA) is 29.3 Å². The molecule has 1 unspecified atom stereocenters. The minimum absolute atomic E-state index is 0.0174. The van der Waals surface area contributed by atoms with Crippen molar-refractivity contribution in [1.82, 2.24) is 4.90 Å². The molecule has 2 N–H and O–H groups in total. The number of halogens is 3. The largest absolute Gasteiger partial charge is 0.404 e. The van der Waals surface area contributed by atoms with Gasteiger partial charge in [-0.05, 0) is 38.9 Å². The van der Waals surface area contributed by atoms with Crippen LogP contribution in [0.4, 0.5) is 13.2 Å². The molecule has 0 bridgehead atoms. The monoisotopic (exact) mass is 196 g/mol. The second kappa shape index (κ2) is 4.28. The molecule has 0 spiro atoms. The smallest absolute Gasteiger partial charge is 0.330 e. The van der Waals surface area contributed by atoms with Gasteiger partial charge in [0.05, 0.1) is 0 Å². The molecule has 0 aromatic carbocycles. The van der Waals surface area contributed by atoms with Crippen LogP contribution in [0, 0.1) is 0 Å². The van der Waals surface area contributed by atoms with Crippen molar-refractivity contribution in [2.45, 2.75) is 31.5 Å². The van der Waals surface area contributed by atoms with Gasteiger partial charge in [0.1, 0.15) is 6.04 Å². The zero-order chi connectivity index (χ0) is 9.90. The quantitative estimate of drug-likeness (QED) is 0.738. The van der Waals surface area contributed by atoms with Crippen LogP contribution in [0.3, 0.4) is 0 Å². The Kier molecular flexibility index (Phi) is 3.55. The van der Waals surface area contributed by atoms with Crippen LogP contribution in [0.1, 0.15) is 19.3 Å². The van der Waals surface area contributed by atoms with E-state index in [9.17, 15) is 13.2 Å². The summed E-state index contributed by atoms with van der Waals surface area (Å²) in [6.07, 6.45) is -2.36. The maximum Gasteiger partial charge on any atom is 0.404 e. The van der Waals surface area contributed by atoms with Gasteiger partial charge in [-0.1, -0.05) is 0 Å². The average molecular weight is 196 g/mol. The third-order valence-electron chi connectivity index (χ3n) is 2.40. The Labute approximate surface area is 75.9 Å². The van der Waals surface area contributed by atoms with Crippen LogP contribution in [0.5, 0.6) is 0 Å². The van der Waals surface area contributed by atoms with E-state index >= 15 is 0 Å². The molecule has 0 aromatic heterocycles. The predicted octanol–water partition coefficient (Wildman–Crippen LogP) is 1.36. The van der Waals surface area contributed by atoms with E-state index in [1.54, 1.807) is 0 Å². The average Bonchev–Trinajstić information content (AvgIpc) is 2.49. The third-order valence-corrected chi connectivity index (χ3v) is 2.40. The van der Waals surface area contributed by atoms with E-state index in [-0.39, 0.29) is 13.0 Å². The van der Waals surface area contributed by atoms with Crippen molar-refractivity contribution in [2.75, 3.05) is 19.6 Å². The molecule has 78 valence electrons. The first-order chi connectivity index (χ1) is 6.05. The first-order valence-electron chi connectivity index (χ1n) is 4.56. The van der Waals surface area contributed by atoms with E-state index < -0.39 is 12.2 Å². The molecule has 1 rings (SSSR count). The SMILES string of the molecule is NCCC(N1CCCC1)C(F)(F)F. The summed E-state index contributed by atoms with van der Waals surface area (Å²) in [5, 5.41) is 0. The molecule has 0 saturated carbocycles. The van der Waals surface area contributed by atoms with Gasteiger partial charge in [-0.2, -0.15) is 13.2 Å². The van der Waals surface area contributed by atoms with Crippen molar-refractivity contribution in [3.05, 3.63) is 0 Å². The Hall–Kier alpha value is -0.290. The summed E-state index contributed by atoms with van der Waals surface area (Å²) in [5.74, 6) is 0. The molecule has 1 fully saturated rings. The van der Waals surface area contributed by atoms with Crippen LogP contribution in [0.15, 0.2) is 0 Å². The molecule has 13 heavy (non-hydrogen) atoms. The zero-order valence-electron chi connectivity index (χ0n) is 7.48. The molecular weight excluding hydrogens is 181 g/mol. The summed E-state index contributed by atoms with van der Waals surface area (Å²) in [6.45, 7) is 1.22. The lowest BCUT2D eigenvalue weighted by Crippen LogP contribution is -2.45. The fourth-order valence-corrected chi connectivity index (χ4v) is 1.76. The van der Waals surface area contributed by atoms with Crippen LogP contribution >= 0.6 is 0 Å². The summed E-state index contributed by atoms with van der Waals surface area (Å²) in [5.41, 5.74) is 5.17. The number of rotatable bonds is 3. The minimum atomic E-state index is -4.12. The van der Waals surface area contributed by atoms with Crippen molar-refractivity contribution in [1.29, 1.82) is 0 Å². The molecule has 1 heterocycles. The van der Waals surface area contributed by atoms with Crippen molar-refractivity contribution in [2.24, 2.45) is 5.73 Å². The number of likely N-dealkylation sites (tertiary alicyclic amines) is 1. The lowest BCUT2D eigenvalue weighted by Gasteiger charge is -2.28. The standard InChI is InChI=1S/C8H15F3N2/c9-8(10,11)7(3-4-12)13-5-1-2-6-13/h7H,1-6,12H2. The number of alkyl halides is 3. The predicted molar refractivity (Wildman–Crippen MR) is 44.3 cm³/mol. The molecule has 0 radical (unpaired) electrons. The van der Waals surface area contributed by atoms with Gasteiger partial charge in [0, 0.05) is 0 Å². The molecule has 2 nitrogen and oxygen atoms in total. The second-order valence-corrected chi connectivity index (χ2v) is 3.38. The van der Waals surface area contributed by atoms with E-state index in [1.807, 2.05) is 0 Å². The highest BCUT2D eigenvalue weighted by Crippen LogP contribution is 2.29. The lowest BCUT2D eigenvalue weighted by molar-refractivity contribution is -0.182.